The molecule has 2 aromatic rings. The monoisotopic (exact) mass is 364 g/mol. The fourth-order valence-corrected chi connectivity index (χ4v) is 2.24. The highest BCUT2D eigenvalue weighted by atomic mass is 16.3. The molecule has 0 aliphatic carbocycles. The van der Waals surface area contributed by atoms with Gasteiger partial charge in [0.25, 0.3) is 5.91 Å². The summed E-state index contributed by atoms with van der Waals surface area (Å²) in [6.45, 7) is 1.95. The second-order valence-corrected chi connectivity index (χ2v) is 5.75. The fourth-order valence-electron chi connectivity index (χ4n) is 2.24. The van der Waals surface area contributed by atoms with Gasteiger partial charge in [-0.1, -0.05) is 12.1 Å². The molecule has 0 spiro atoms. The Morgan fingerprint density at radius 2 is 1.63 bits per heavy atom. The number of nitrogens with zero attached hydrogens (tertiary/aromatic N) is 1. The number of anilines is 2. The van der Waals surface area contributed by atoms with Crippen LogP contribution in [0.5, 0.6) is 5.75 Å². The second kappa shape index (κ2) is 9.63. The Bertz CT molecular complexity index is 866. The number of amides is 2. The topological polar surface area (TPSA) is 114 Å². The van der Waals surface area contributed by atoms with Crippen LogP contribution in [0.1, 0.15) is 12.5 Å². The SMILES string of the molecule is CC(=O)Nc1ccc(NC(=O)/C(C#N)=C\NCCc2ccc(O)cc2)cc1. The molecule has 0 aromatic heterocycles. The highest BCUT2D eigenvalue weighted by Crippen LogP contribution is 2.14. The van der Waals surface area contributed by atoms with Crippen molar-refractivity contribution in [2.45, 2.75) is 13.3 Å². The maximum atomic E-state index is 12.2. The molecule has 4 N–H and O–H groups in total. The number of nitrogens with one attached hydrogen (secondary N) is 3. The number of phenols is 1. The predicted molar refractivity (Wildman–Crippen MR) is 103 cm³/mol. The molecule has 0 bridgehead atoms. The number of phenolic OH excluding ortho intramolecular Hbond substituents is 1. The quantitative estimate of drug-likeness (QED) is 0.342. The minimum atomic E-state index is -0.526. The van der Waals surface area contributed by atoms with E-state index < -0.39 is 5.91 Å². The summed E-state index contributed by atoms with van der Waals surface area (Å²) in [5.41, 5.74) is 2.11. The Morgan fingerprint density at radius 3 is 2.19 bits per heavy atom. The van der Waals surface area contributed by atoms with Gasteiger partial charge in [0.15, 0.2) is 0 Å². The number of hydrogen-bond donors (Lipinski definition) is 4. The highest BCUT2D eigenvalue weighted by Gasteiger charge is 2.09. The van der Waals surface area contributed by atoms with Crippen LogP contribution in [-0.4, -0.2) is 23.5 Å². The van der Waals surface area contributed by atoms with Crippen LogP contribution in [0.15, 0.2) is 60.3 Å². The molecule has 0 atom stereocenters. The Balaban J connectivity index is 1.87. The molecule has 27 heavy (non-hydrogen) atoms. The molecule has 7 nitrogen and oxygen atoms in total. The van der Waals surface area contributed by atoms with E-state index >= 15 is 0 Å². The van der Waals surface area contributed by atoms with E-state index in [0.717, 1.165) is 5.56 Å². The molecule has 2 amide bonds. The van der Waals surface area contributed by atoms with Crippen LogP contribution in [0, 0.1) is 11.3 Å². The minimum Gasteiger partial charge on any atom is -0.508 e. The van der Waals surface area contributed by atoms with Crippen LogP contribution in [0.25, 0.3) is 0 Å². The third-order valence-corrected chi connectivity index (χ3v) is 3.57. The van der Waals surface area contributed by atoms with Crippen molar-refractivity contribution in [1.82, 2.24) is 5.32 Å². The predicted octanol–water partition coefficient (Wildman–Crippen LogP) is 2.53. The van der Waals surface area contributed by atoms with Gasteiger partial charge >= 0.3 is 0 Å². The second-order valence-electron chi connectivity index (χ2n) is 5.75. The number of carbonyl (C=O) groups is 2. The van der Waals surface area contributed by atoms with Crippen molar-refractivity contribution in [2.24, 2.45) is 0 Å². The van der Waals surface area contributed by atoms with Crippen molar-refractivity contribution < 1.29 is 14.7 Å². The summed E-state index contributed by atoms with van der Waals surface area (Å²) in [6.07, 6.45) is 2.06. The lowest BCUT2D eigenvalue weighted by molar-refractivity contribution is -0.114. The molecule has 0 saturated carbocycles. The normalized spacial score (nSPS) is 10.6. The van der Waals surface area contributed by atoms with Crippen molar-refractivity contribution in [3.8, 4) is 11.8 Å². The molecule has 138 valence electrons. The van der Waals surface area contributed by atoms with Gasteiger partial charge in [0.2, 0.25) is 5.91 Å². The van der Waals surface area contributed by atoms with Crippen LogP contribution in [-0.2, 0) is 16.0 Å². The lowest BCUT2D eigenvalue weighted by Crippen LogP contribution is -2.18. The highest BCUT2D eigenvalue weighted by molar-refractivity contribution is 6.06. The number of rotatable bonds is 7. The third kappa shape index (κ3) is 6.55. The average molecular weight is 364 g/mol. The molecule has 0 saturated heterocycles. The summed E-state index contributed by atoms with van der Waals surface area (Å²) in [6, 6.07) is 15.3. The Labute approximate surface area is 157 Å². The van der Waals surface area contributed by atoms with Crippen molar-refractivity contribution in [3.63, 3.8) is 0 Å². The first-order chi connectivity index (χ1) is 13.0. The molecule has 0 fully saturated rings. The average Bonchev–Trinajstić information content (AvgIpc) is 2.64. The first-order valence-corrected chi connectivity index (χ1v) is 8.28. The summed E-state index contributed by atoms with van der Waals surface area (Å²) in [5.74, 6) is -0.498. The summed E-state index contributed by atoms with van der Waals surface area (Å²) < 4.78 is 0. The first kappa shape index (κ1) is 19.5. The van der Waals surface area contributed by atoms with Crippen LogP contribution in [0.3, 0.4) is 0 Å². The van der Waals surface area contributed by atoms with E-state index in [2.05, 4.69) is 16.0 Å². The molecule has 2 rings (SSSR count). The molecule has 0 aliphatic rings. The van der Waals surface area contributed by atoms with Crippen molar-refractivity contribution in [2.75, 3.05) is 17.2 Å². The Morgan fingerprint density at radius 1 is 1.04 bits per heavy atom. The lowest BCUT2D eigenvalue weighted by Gasteiger charge is -2.07. The van der Waals surface area contributed by atoms with E-state index in [1.165, 1.54) is 13.1 Å². The van der Waals surface area contributed by atoms with Gasteiger partial charge in [0.1, 0.15) is 17.4 Å². The summed E-state index contributed by atoms with van der Waals surface area (Å²) in [7, 11) is 0. The van der Waals surface area contributed by atoms with Crippen molar-refractivity contribution in [1.29, 1.82) is 5.26 Å². The maximum absolute atomic E-state index is 12.2. The maximum Gasteiger partial charge on any atom is 0.267 e. The fraction of sp³-hybridized carbons (Fsp3) is 0.150. The van der Waals surface area contributed by atoms with Gasteiger partial charge in [-0.05, 0) is 48.4 Å². The minimum absolute atomic E-state index is 0.0494. The molecular formula is C20H20N4O3. The molecule has 2 aromatic carbocycles. The molecule has 0 aliphatic heterocycles. The van der Waals surface area contributed by atoms with E-state index in [4.69, 9.17) is 0 Å². The standard InChI is InChI=1S/C20H20N4O3/c1-14(25)23-17-4-6-18(7-5-17)24-20(27)16(12-21)13-22-11-10-15-2-8-19(26)9-3-15/h2-9,13,22,26H,10-11H2,1H3,(H,23,25)(H,24,27)/b16-13-. The van der Waals surface area contributed by atoms with E-state index in [1.807, 2.05) is 18.2 Å². The van der Waals surface area contributed by atoms with E-state index in [9.17, 15) is 20.0 Å². The smallest absolute Gasteiger partial charge is 0.267 e. The van der Waals surface area contributed by atoms with Gasteiger partial charge in [-0.3, -0.25) is 9.59 Å². The zero-order valence-corrected chi connectivity index (χ0v) is 14.8. The van der Waals surface area contributed by atoms with Gasteiger partial charge in [0, 0.05) is 31.0 Å². The zero-order valence-electron chi connectivity index (χ0n) is 14.8. The lowest BCUT2D eigenvalue weighted by atomic mass is 10.1. The van der Waals surface area contributed by atoms with Crippen LogP contribution < -0.4 is 16.0 Å². The van der Waals surface area contributed by atoms with E-state index in [-0.39, 0.29) is 17.2 Å². The van der Waals surface area contributed by atoms with Crippen LogP contribution >= 0.6 is 0 Å². The Hall–Kier alpha value is -3.79. The van der Waals surface area contributed by atoms with Crippen molar-refractivity contribution >= 4 is 23.2 Å². The summed E-state index contributed by atoms with van der Waals surface area (Å²) in [5, 5.41) is 26.6. The summed E-state index contributed by atoms with van der Waals surface area (Å²) >= 11 is 0. The summed E-state index contributed by atoms with van der Waals surface area (Å²) in [4.78, 5) is 23.2. The molecule has 7 heteroatoms. The van der Waals surface area contributed by atoms with Crippen LogP contribution in [0.4, 0.5) is 11.4 Å². The largest absolute Gasteiger partial charge is 0.508 e. The zero-order chi connectivity index (χ0) is 19.6. The number of benzene rings is 2. The van der Waals surface area contributed by atoms with Gasteiger partial charge in [-0.2, -0.15) is 5.26 Å². The van der Waals surface area contributed by atoms with Crippen LogP contribution in [0.2, 0.25) is 0 Å². The Kier molecular flexibility index (Phi) is 6.97. The number of nitriles is 1. The number of hydrogen-bond acceptors (Lipinski definition) is 5. The first-order valence-electron chi connectivity index (χ1n) is 8.28. The molecule has 0 heterocycles. The van der Waals surface area contributed by atoms with E-state index in [1.54, 1.807) is 36.4 Å². The van der Waals surface area contributed by atoms with Gasteiger partial charge < -0.3 is 21.1 Å². The number of carbonyl (C=O) groups excluding carboxylic acids is 2. The van der Waals surface area contributed by atoms with E-state index in [0.29, 0.717) is 24.3 Å². The van der Waals surface area contributed by atoms with Gasteiger partial charge in [0.05, 0.1) is 0 Å². The third-order valence-electron chi connectivity index (χ3n) is 3.57. The van der Waals surface area contributed by atoms with Crippen molar-refractivity contribution in [3.05, 3.63) is 65.9 Å². The van der Waals surface area contributed by atoms with Gasteiger partial charge in [-0.15, -0.1) is 0 Å². The number of aromatic hydroxyl groups is 1. The molecule has 0 radical (unpaired) electrons. The van der Waals surface area contributed by atoms with Gasteiger partial charge in [-0.25, -0.2) is 0 Å². The molecule has 0 unspecified atom stereocenters. The molecular weight excluding hydrogens is 344 g/mol.